The first kappa shape index (κ1) is 16.3. The van der Waals surface area contributed by atoms with Gasteiger partial charge in [0.15, 0.2) is 0 Å². The zero-order chi connectivity index (χ0) is 15.9. The number of amides is 1. The summed E-state index contributed by atoms with van der Waals surface area (Å²) in [5.41, 5.74) is 3.74. The second-order valence-electron chi connectivity index (χ2n) is 5.25. The van der Waals surface area contributed by atoms with Crippen molar-refractivity contribution in [2.24, 2.45) is 0 Å². The molecule has 1 aromatic rings. The van der Waals surface area contributed by atoms with Crippen molar-refractivity contribution in [3.8, 4) is 11.5 Å². The van der Waals surface area contributed by atoms with Gasteiger partial charge < -0.3 is 14.4 Å². The highest BCUT2D eigenvalue weighted by molar-refractivity contribution is 5.91. The normalized spacial score (nSPS) is 16.7. The molecule has 22 heavy (non-hydrogen) atoms. The number of benzene rings is 1. The Morgan fingerprint density at radius 3 is 2.23 bits per heavy atom. The number of hydrogen-bond donors (Lipinski definition) is 1. The second-order valence-corrected chi connectivity index (χ2v) is 5.25. The third-order valence-corrected chi connectivity index (χ3v) is 3.57. The van der Waals surface area contributed by atoms with Crippen molar-refractivity contribution in [3.05, 3.63) is 29.8 Å². The summed E-state index contributed by atoms with van der Waals surface area (Å²) >= 11 is 0. The summed E-state index contributed by atoms with van der Waals surface area (Å²) in [7, 11) is 5.28. The van der Waals surface area contributed by atoms with E-state index < -0.39 is 0 Å². The average molecular weight is 305 g/mol. The van der Waals surface area contributed by atoms with Crippen LogP contribution in [0.15, 0.2) is 24.3 Å². The molecule has 120 valence electrons. The summed E-state index contributed by atoms with van der Waals surface area (Å²) in [4.78, 5) is 14.2. The lowest BCUT2D eigenvalue weighted by atomic mass is 10.2. The number of hydrazine groups is 1. The summed E-state index contributed by atoms with van der Waals surface area (Å²) in [5.74, 6) is 1.25. The van der Waals surface area contributed by atoms with Crippen LogP contribution in [-0.2, 0) is 4.79 Å². The lowest BCUT2D eigenvalue weighted by Gasteiger charge is -2.31. The molecule has 1 aliphatic rings. The summed E-state index contributed by atoms with van der Waals surface area (Å²) in [6, 6.07) is 5.49. The average Bonchev–Trinajstić information content (AvgIpc) is 2.54. The number of carbonyl (C=O) groups excluding carboxylic acids is 1. The summed E-state index contributed by atoms with van der Waals surface area (Å²) < 4.78 is 10.4. The van der Waals surface area contributed by atoms with Gasteiger partial charge in [-0.2, -0.15) is 0 Å². The van der Waals surface area contributed by atoms with E-state index in [-0.39, 0.29) is 5.91 Å². The van der Waals surface area contributed by atoms with Gasteiger partial charge in [0.1, 0.15) is 11.5 Å². The smallest absolute Gasteiger partial charge is 0.258 e. The van der Waals surface area contributed by atoms with Gasteiger partial charge in [0.25, 0.3) is 5.91 Å². The minimum absolute atomic E-state index is 0.133. The van der Waals surface area contributed by atoms with E-state index in [1.54, 1.807) is 26.4 Å². The van der Waals surface area contributed by atoms with E-state index >= 15 is 0 Å². The second kappa shape index (κ2) is 7.82. The molecule has 0 aromatic heterocycles. The fraction of sp³-hybridized carbons (Fsp3) is 0.438. The van der Waals surface area contributed by atoms with Crippen molar-refractivity contribution >= 4 is 12.0 Å². The minimum Gasteiger partial charge on any atom is -0.497 e. The standard InChI is InChI=1S/C16H23N3O3/c1-18-6-8-19(9-7-18)17-16(20)5-4-13-10-14(21-2)12-15(11-13)22-3/h4-5,10-12H,6-9H2,1-3H3,(H,17,20)/b5-4+. The zero-order valence-electron chi connectivity index (χ0n) is 13.3. The number of nitrogens with one attached hydrogen (secondary N) is 1. The highest BCUT2D eigenvalue weighted by Gasteiger charge is 2.14. The van der Waals surface area contributed by atoms with Crippen LogP contribution in [0.5, 0.6) is 11.5 Å². The number of likely N-dealkylation sites (N-methyl/N-ethyl adjacent to an activating group) is 1. The van der Waals surface area contributed by atoms with Crippen LogP contribution >= 0.6 is 0 Å². The van der Waals surface area contributed by atoms with Crippen LogP contribution in [0.4, 0.5) is 0 Å². The summed E-state index contributed by atoms with van der Waals surface area (Å²) in [5, 5.41) is 1.94. The third-order valence-electron chi connectivity index (χ3n) is 3.57. The highest BCUT2D eigenvalue weighted by atomic mass is 16.5. The van der Waals surface area contributed by atoms with E-state index in [0.717, 1.165) is 31.7 Å². The molecule has 0 spiro atoms. The molecule has 2 rings (SSSR count). The molecule has 1 aliphatic heterocycles. The number of ether oxygens (including phenoxy) is 2. The van der Waals surface area contributed by atoms with Gasteiger partial charge in [-0.15, -0.1) is 0 Å². The SMILES string of the molecule is COc1cc(/C=C/C(=O)NN2CCN(C)CC2)cc(OC)c1. The topological polar surface area (TPSA) is 54.0 Å². The molecule has 6 nitrogen and oxygen atoms in total. The molecule has 1 amide bonds. The first-order chi connectivity index (χ1) is 10.6. The van der Waals surface area contributed by atoms with Gasteiger partial charge in [0.2, 0.25) is 0 Å². The number of carbonyl (C=O) groups is 1. The molecule has 6 heteroatoms. The first-order valence-electron chi connectivity index (χ1n) is 7.26. The fourth-order valence-corrected chi connectivity index (χ4v) is 2.21. The maximum absolute atomic E-state index is 12.0. The lowest BCUT2D eigenvalue weighted by Crippen LogP contribution is -2.52. The van der Waals surface area contributed by atoms with Crippen LogP contribution in [0.25, 0.3) is 6.08 Å². The fourth-order valence-electron chi connectivity index (χ4n) is 2.21. The van der Waals surface area contributed by atoms with Gasteiger partial charge in [-0.05, 0) is 30.8 Å². The van der Waals surface area contributed by atoms with E-state index in [9.17, 15) is 4.79 Å². The van der Waals surface area contributed by atoms with Crippen LogP contribution in [-0.4, -0.2) is 63.3 Å². The van der Waals surface area contributed by atoms with Crippen molar-refractivity contribution in [3.63, 3.8) is 0 Å². The van der Waals surface area contributed by atoms with Crippen LogP contribution in [0.3, 0.4) is 0 Å². The molecule has 1 N–H and O–H groups in total. The van der Waals surface area contributed by atoms with Gasteiger partial charge in [-0.3, -0.25) is 10.2 Å². The quantitative estimate of drug-likeness (QED) is 0.823. The van der Waals surface area contributed by atoms with Gasteiger partial charge in [0, 0.05) is 38.3 Å². The molecule has 0 radical (unpaired) electrons. The van der Waals surface area contributed by atoms with Crippen LogP contribution in [0.2, 0.25) is 0 Å². The van der Waals surface area contributed by atoms with Gasteiger partial charge in [0.05, 0.1) is 14.2 Å². The molecular formula is C16H23N3O3. The first-order valence-corrected chi connectivity index (χ1v) is 7.26. The monoisotopic (exact) mass is 305 g/mol. The number of nitrogens with zero attached hydrogens (tertiary/aromatic N) is 2. The highest BCUT2D eigenvalue weighted by Crippen LogP contribution is 2.23. The Kier molecular flexibility index (Phi) is 5.80. The Hall–Kier alpha value is -2.05. The Morgan fingerprint density at radius 1 is 1.09 bits per heavy atom. The Balaban J connectivity index is 1.94. The molecule has 1 saturated heterocycles. The third kappa shape index (κ3) is 4.75. The molecule has 0 unspecified atom stereocenters. The summed E-state index contributed by atoms with van der Waals surface area (Å²) in [6.45, 7) is 3.58. The maximum atomic E-state index is 12.0. The van der Waals surface area contributed by atoms with Gasteiger partial charge in [-0.1, -0.05) is 0 Å². The molecule has 0 bridgehead atoms. The molecule has 0 atom stereocenters. The van der Waals surface area contributed by atoms with Crippen molar-refractivity contribution in [2.75, 3.05) is 47.4 Å². The molecule has 1 heterocycles. The van der Waals surface area contributed by atoms with Gasteiger partial charge >= 0.3 is 0 Å². The number of rotatable bonds is 5. The van der Waals surface area contributed by atoms with Crippen LogP contribution in [0, 0.1) is 0 Å². The predicted octanol–water partition coefficient (Wildman–Crippen LogP) is 0.996. The Labute approximate surface area is 131 Å². The van der Waals surface area contributed by atoms with Crippen LogP contribution < -0.4 is 14.9 Å². The Bertz CT molecular complexity index is 515. The van der Waals surface area contributed by atoms with E-state index in [4.69, 9.17) is 9.47 Å². The Morgan fingerprint density at radius 2 is 1.68 bits per heavy atom. The lowest BCUT2D eigenvalue weighted by molar-refractivity contribution is -0.121. The largest absolute Gasteiger partial charge is 0.497 e. The molecule has 1 aromatic carbocycles. The number of methoxy groups -OCH3 is 2. The van der Waals surface area contributed by atoms with E-state index in [1.165, 1.54) is 6.08 Å². The zero-order valence-corrected chi connectivity index (χ0v) is 13.3. The van der Waals surface area contributed by atoms with Crippen molar-refractivity contribution in [2.45, 2.75) is 0 Å². The maximum Gasteiger partial charge on any atom is 0.258 e. The van der Waals surface area contributed by atoms with Crippen molar-refractivity contribution < 1.29 is 14.3 Å². The van der Waals surface area contributed by atoms with Crippen molar-refractivity contribution in [1.82, 2.24) is 15.3 Å². The number of hydrogen-bond acceptors (Lipinski definition) is 5. The van der Waals surface area contributed by atoms with Crippen LogP contribution in [0.1, 0.15) is 5.56 Å². The molecular weight excluding hydrogens is 282 g/mol. The molecule has 0 aliphatic carbocycles. The molecule has 1 fully saturated rings. The van der Waals surface area contributed by atoms with E-state index in [2.05, 4.69) is 17.4 Å². The molecule has 0 saturated carbocycles. The van der Waals surface area contributed by atoms with Crippen molar-refractivity contribution in [1.29, 1.82) is 0 Å². The minimum atomic E-state index is -0.133. The summed E-state index contributed by atoms with van der Waals surface area (Å²) in [6.07, 6.45) is 3.27. The predicted molar refractivity (Wildman–Crippen MR) is 85.8 cm³/mol. The number of piperazine rings is 1. The van der Waals surface area contributed by atoms with Gasteiger partial charge in [-0.25, -0.2) is 5.01 Å². The van der Waals surface area contributed by atoms with E-state index in [0.29, 0.717) is 11.5 Å². The van der Waals surface area contributed by atoms with E-state index in [1.807, 2.05) is 17.1 Å².